The fourth-order valence-corrected chi connectivity index (χ4v) is 4.46. The zero-order chi connectivity index (χ0) is 25.2. The van der Waals surface area contributed by atoms with Crippen LogP contribution in [0.1, 0.15) is 45.6 Å². The van der Waals surface area contributed by atoms with Crippen molar-refractivity contribution in [2.45, 2.75) is 70.9 Å². The van der Waals surface area contributed by atoms with Gasteiger partial charge in [0.15, 0.2) is 6.10 Å². The predicted molar refractivity (Wildman–Crippen MR) is 130 cm³/mol. The summed E-state index contributed by atoms with van der Waals surface area (Å²) >= 11 is 0. The summed E-state index contributed by atoms with van der Waals surface area (Å²) in [5, 5.41) is 0.933. The van der Waals surface area contributed by atoms with Gasteiger partial charge in [-0.05, 0) is 63.8 Å². The average Bonchev–Trinajstić information content (AvgIpc) is 3.59. The molecule has 9 heteroatoms. The molecular formula is C26H36FN3O5. The van der Waals surface area contributed by atoms with Gasteiger partial charge in [0.25, 0.3) is 5.91 Å². The van der Waals surface area contributed by atoms with Gasteiger partial charge in [0, 0.05) is 51.0 Å². The Kier molecular flexibility index (Phi) is 7.66. The zero-order valence-electron chi connectivity index (χ0n) is 21.1. The Bertz CT molecular complexity index is 1060. The van der Waals surface area contributed by atoms with E-state index in [-0.39, 0.29) is 30.9 Å². The van der Waals surface area contributed by atoms with E-state index in [2.05, 4.69) is 0 Å². The lowest BCUT2D eigenvalue weighted by Gasteiger charge is -2.35. The molecule has 1 saturated carbocycles. The SMILES string of the molecule is COCCCn1cc(CN(C(=O)[C@H]2CN(C(=O)OC(C)(C)C)CCO2)C2CC2)c2ccc(F)cc21. The fraction of sp³-hybridized carbons (Fsp3) is 0.615. The molecule has 0 N–H and O–H groups in total. The van der Waals surface area contributed by atoms with E-state index in [9.17, 15) is 14.0 Å². The van der Waals surface area contributed by atoms with Gasteiger partial charge < -0.3 is 28.6 Å². The number of aromatic nitrogens is 1. The van der Waals surface area contributed by atoms with Gasteiger partial charge in [0.1, 0.15) is 11.4 Å². The number of hydrogen-bond donors (Lipinski definition) is 0. The molecule has 1 atom stereocenters. The summed E-state index contributed by atoms with van der Waals surface area (Å²) in [6.07, 6.45) is 3.53. The van der Waals surface area contributed by atoms with Crippen molar-refractivity contribution in [3.63, 3.8) is 0 Å². The van der Waals surface area contributed by atoms with Crippen molar-refractivity contribution in [1.82, 2.24) is 14.4 Å². The molecule has 0 radical (unpaired) electrons. The third-order valence-corrected chi connectivity index (χ3v) is 6.28. The van der Waals surface area contributed by atoms with Crippen molar-refractivity contribution in [2.75, 3.05) is 33.4 Å². The molecule has 2 amide bonds. The Labute approximate surface area is 205 Å². The van der Waals surface area contributed by atoms with Crippen LogP contribution in [0.25, 0.3) is 10.9 Å². The van der Waals surface area contributed by atoms with E-state index in [1.54, 1.807) is 18.1 Å². The molecule has 0 unspecified atom stereocenters. The number of morpholine rings is 1. The molecule has 2 fully saturated rings. The molecule has 35 heavy (non-hydrogen) atoms. The van der Waals surface area contributed by atoms with Crippen molar-refractivity contribution in [3.05, 3.63) is 35.8 Å². The fourth-order valence-electron chi connectivity index (χ4n) is 4.46. The Morgan fingerprint density at radius 1 is 1.26 bits per heavy atom. The Hall–Kier alpha value is -2.65. The van der Waals surface area contributed by atoms with Crippen LogP contribution in [0, 0.1) is 5.82 Å². The van der Waals surface area contributed by atoms with E-state index in [0.29, 0.717) is 26.2 Å². The van der Waals surface area contributed by atoms with Crippen LogP contribution in [0.2, 0.25) is 0 Å². The molecule has 1 aromatic carbocycles. The Morgan fingerprint density at radius 3 is 2.71 bits per heavy atom. The van der Waals surface area contributed by atoms with E-state index >= 15 is 0 Å². The molecule has 2 heterocycles. The molecule has 0 spiro atoms. The number of ether oxygens (including phenoxy) is 3. The Morgan fingerprint density at radius 2 is 2.03 bits per heavy atom. The monoisotopic (exact) mass is 489 g/mol. The smallest absolute Gasteiger partial charge is 0.410 e. The first-order valence-electron chi connectivity index (χ1n) is 12.3. The number of carbonyl (C=O) groups is 2. The summed E-state index contributed by atoms with van der Waals surface area (Å²) in [7, 11) is 1.66. The highest BCUT2D eigenvalue weighted by Gasteiger charge is 2.39. The first kappa shape index (κ1) is 25.4. The topological polar surface area (TPSA) is 73.2 Å². The number of rotatable bonds is 8. The zero-order valence-corrected chi connectivity index (χ0v) is 21.1. The maximum Gasteiger partial charge on any atom is 0.410 e. The molecule has 2 aliphatic rings. The summed E-state index contributed by atoms with van der Waals surface area (Å²) in [5.74, 6) is -0.411. The van der Waals surface area contributed by atoms with Crippen LogP contribution in [-0.4, -0.2) is 77.5 Å². The Balaban J connectivity index is 1.51. The third-order valence-electron chi connectivity index (χ3n) is 6.28. The molecule has 8 nitrogen and oxygen atoms in total. The maximum absolute atomic E-state index is 14.0. The largest absolute Gasteiger partial charge is 0.444 e. The van der Waals surface area contributed by atoms with Gasteiger partial charge in [0.2, 0.25) is 0 Å². The lowest BCUT2D eigenvalue weighted by Crippen LogP contribution is -2.53. The van der Waals surface area contributed by atoms with E-state index in [1.807, 2.05) is 36.4 Å². The minimum Gasteiger partial charge on any atom is -0.444 e. The minimum atomic E-state index is -0.732. The molecule has 1 saturated heterocycles. The molecule has 2 aromatic rings. The molecule has 192 valence electrons. The normalized spacial score (nSPS) is 18.7. The highest BCUT2D eigenvalue weighted by Crippen LogP contribution is 2.32. The third kappa shape index (κ3) is 6.32. The number of benzene rings is 1. The summed E-state index contributed by atoms with van der Waals surface area (Å²) in [5.41, 5.74) is 1.17. The number of halogens is 1. The number of fused-ring (bicyclic) bond motifs is 1. The van der Waals surface area contributed by atoms with Crippen LogP contribution in [0.15, 0.2) is 24.4 Å². The van der Waals surface area contributed by atoms with E-state index < -0.39 is 17.8 Å². The highest BCUT2D eigenvalue weighted by atomic mass is 19.1. The summed E-state index contributed by atoms with van der Waals surface area (Å²) in [6, 6.07) is 4.93. The number of methoxy groups -OCH3 is 1. The van der Waals surface area contributed by atoms with Gasteiger partial charge in [-0.3, -0.25) is 4.79 Å². The quantitative estimate of drug-likeness (QED) is 0.525. The summed E-state index contributed by atoms with van der Waals surface area (Å²) in [4.78, 5) is 29.5. The van der Waals surface area contributed by atoms with Crippen molar-refractivity contribution in [1.29, 1.82) is 0 Å². The molecule has 4 rings (SSSR count). The van der Waals surface area contributed by atoms with Crippen molar-refractivity contribution in [3.8, 4) is 0 Å². The number of aryl methyl sites for hydroxylation is 1. The van der Waals surface area contributed by atoms with Crippen LogP contribution in [0.4, 0.5) is 9.18 Å². The molecule has 0 bridgehead atoms. The first-order valence-corrected chi connectivity index (χ1v) is 12.3. The van der Waals surface area contributed by atoms with Crippen molar-refractivity contribution in [2.24, 2.45) is 0 Å². The van der Waals surface area contributed by atoms with Crippen LogP contribution in [0.3, 0.4) is 0 Å². The maximum atomic E-state index is 14.0. The second-order valence-corrected chi connectivity index (χ2v) is 10.3. The molecule has 1 aliphatic carbocycles. The standard InChI is InChI=1S/C26H36FN3O5/c1-26(2,3)35-25(32)29-11-13-34-23(17-29)24(31)30(20-7-8-20)16-18-15-28(10-5-12-33-4)22-14-19(27)6-9-21(18)22/h6,9,14-15,20,23H,5,7-8,10-13,16-17H2,1-4H3/t23-/m1/s1. The number of nitrogens with zero attached hydrogens (tertiary/aromatic N) is 3. The number of carbonyl (C=O) groups excluding carboxylic acids is 2. The number of hydrogen-bond acceptors (Lipinski definition) is 5. The molecular weight excluding hydrogens is 453 g/mol. The summed E-state index contributed by atoms with van der Waals surface area (Å²) in [6.45, 7) is 8.03. The van der Waals surface area contributed by atoms with E-state index in [0.717, 1.165) is 35.7 Å². The van der Waals surface area contributed by atoms with Gasteiger partial charge >= 0.3 is 6.09 Å². The average molecular weight is 490 g/mol. The van der Waals surface area contributed by atoms with Crippen molar-refractivity contribution < 1.29 is 28.2 Å². The van der Waals surface area contributed by atoms with E-state index in [1.165, 1.54) is 12.1 Å². The van der Waals surface area contributed by atoms with Gasteiger partial charge in [-0.25, -0.2) is 9.18 Å². The van der Waals surface area contributed by atoms with Gasteiger partial charge in [0.05, 0.1) is 18.7 Å². The molecule has 1 aromatic heterocycles. The first-order chi connectivity index (χ1) is 16.7. The van der Waals surface area contributed by atoms with Crippen molar-refractivity contribution >= 4 is 22.9 Å². The van der Waals surface area contributed by atoms with Crippen LogP contribution >= 0.6 is 0 Å². The van der Waals surface area contributed by atoms with E-state index in [4.69, 9.17) is 14.2 Å². The van der Waals surface area contributed by atoms with Crippen LogP contribution < -0.4 is 0 Å². The second kappa shape index (κ2) is 10.5. The predicted octanol–water partition coefficient (Wildman–Crippen LogP) is 3.94. The molecule has 1 aliphatic heterocycles. The highest BCUT2D eigenvalue weighted by molar-refractivity contribution is 5.86. The second-order valence-electron chi connectivity index (χ2n) is 10.3. The summed E-state index contributed by atoms with van der Waals surface area (Å²) < 4.78 is 32.5. The minimum absolute atomic E-state index is 0.122. The van der Waals surface area contributed by atoms with Gasteiger partial charge in [-0.2, -0.15) is 0 Å². The lowest BCUT2D eigenvalue weighted by molar-refractivity contribution is -0.150. The van der Waals surface area contributed by atoms with Gasteiger partial charge in [-0.1, -0.05) is 0 Å². The van der Waals surface area contributed by atoms with Crippen LogP contribution in [0.5, 0.6) is 0 Å². The lowest BCUT2D eigenvalue weighted by atomic mass is 10.1. The van der Waals surface area contributed by atoms with Crippen LogP contribution in [-0.2, 0) is 32.1 Å². The van der Waals surface area contributed by atoms with Gasteiger partial charge in [-0.15, -0.1) is 0 Å². The number of amides is 2.